The summed E-state index contributed by atoms with van der Waals surface area (Å²) >= 11 is 0. The number of halogens is 3. The molecule has 0 unspecified atom stereocenters. The van der Waals surface area contributed by atoms with Crippen molar-refractivity contribution in [1.29, 1.82) is 0 Å². The van der Waals surface area contributed by atoms with Crippen LogP contribution in [0.3, 0.4) is 0 Å². The van der Waals surface area contributed by atoms with Crippen LogP contribution < -0.4 is 10.1 Å². The van der Waals surface area contributed by atoms with Gasteiger partial charge in [0.25, 0.3) is 0 Å². The molecule has 0 saturated carbocycles. The highest BCUT2D eigenvalue weighted by atomic mass is 19.4. The van der Waals surface area contributed by atoms with Gasteiger partial charge in [0.1, 0.15) is 5.75 Å². The van der Waals surface area contributed by atoms with Crippen molar-refractivity contribution in [2.75, 3.05) is 13.1 Å². The molecular weight excluding hydrogens is 279 g/mol. The molecule has 0 atom stereocenters. The van der Waals surface area contributed by atoms with Crippen LogP contribution >= 0.6 is 0 Å². The maximum Gasteiger partial charge on any atom is 0.573 e. The molecule has 0 radical (unpaired) electrons. The largest absolute Gasteiger partial charge is 0.573 e. The van der Waals surface area contributed by atoms with Crippen LogP contribution in [0.1, 0.15) is 39.2 Å². The third-order valence-corrected chi connectivity index (χ3v) is 3.24. The van der Waals surface area contributed by atoms with E-state index in [1.807, 2.05) is 0 Å². The van der Waals surface area contributed by atoms with Gasteiger partial charge < -0.3 is 10.1 Å². The lowest BCUT2D eigenvalue weighted by Crippen LogP contribution is -2.24. The Labute approximate surface area is 124 Å². The summed E-state index contributed by atoms with van der Waals surface area (Å²) in [5, 5.41) is 3.37. The summed E-state index contributed by atoms with van der Waals surface area (Å²) in [6.45, 7) is 8.43. The van der Waals surface area contributed by atoms with Crippen molar-refractivity contribution in [3.63, 3.8) is 0 Å². The maximum atomic E-state index is 12.1. The minimum atomic E-state index is -4.63. The average molecular weight is 303 g/mol. The summed E-state index contributed by atoms with van der Waals surface area (Å²) in [6, 6.07) is 6.13. The van der Waals surface area contributed by atoms with Gasteiger partial charge in [-0.15, -0.1) is 13.2 Å². The minimum Gasteiger partial charge on any atom is -0.406 e. The fourth-order valence-electron chi connectivity index (χ4n) is 2.18. The van der Waals surface area contributed by atoms with Crippen LogP contribution in [0, 0.1) is 5.41 Å². The normalized spacial score (nSPS) is 12.5. The molecule has 1 rings (SSSR count). The van der Waals surface area contributed by atoms with Gasteiger partial charge in [0.2, 0.25) is 0 Å². The lowest BCUT2D eigenvalue weighted by atomic mass is 9.82. The first kappa shape index (κ1) is 17.8. The van der Waals surface area contributed by atoms with Gasteiger partial charge in [-0.05, 0) is 55.5 Å². The number of ether oxygens (including phenoxy) is 1. The molecule has 0 amide bonds. The Hall–Kier alpha value is -1.23. The van der Waals surface area contributed by atoms with Crippen LogP contribution in [0.4, 0.5) is 13.2 Å². The number of rotatable bonds is 8. The lowest BCUT2D eigenvalue weighted by molar-refractivity contribution is -0.274. The molecule has 0 bridgehead atoms. The Morgan fingerprint density at radius 2 is 1.67 bits per heavy atom. The molecule has 1 aromatic rings. The molecule has 0 spiro atoms. The number of nitrogens with one attached hydrogen (secondary N) is 1. The molecule has 5 heteroatoms. The van der Waals surface area contributed by atoms with Crippen molar-refractivity contribution in [1.82, 2.24) is 5.32 Å². The summed E-state index contributed by atoms with van der Waals surface area (Å²) in [4.78, 5) is 0. The van der Waals surface area contributed by atoms with Crippen LogP contribution in [0.25, 0.3) is 0 Å². The Balaban J connectivity index is 2.50. The average Bonchev–Trinajstić information content (AvgIpc) is 2.35. The molecule has 0 heterocycles. The Morgan fingerprint density at radius 1 is 1.05 bits per heavy atom. The summed E-state index contributed by atoms with van der Waals surface area (Å²) in [6.07, 6.45) is -1.67. The molecule has 2 nitrogen and oxygen atoms in total. The van der Waals surface area contributed by atoms with Crippen molar-refractivity contribution in [3.8, 4) is 5.75 Å². The van der Waals surface area contributed by atoms with Gasteiger partial charge in [-0.25, -0.2) is 0 Å². The second-order valence-electron chi connectivity index (χ2n) is 6.03. The van der Waals surface area contributed by atoms with Crippen LogP contribution in [0.5, 0.6) is 5.75 Å². The van der Waals surface area contributed by atoms with Crippen molar-refractivity contribution in [2.45, 2.75) is 46.4 Å². The molecule has 21 heavy (non-hydrogen) atoms. The van der Waals surface area contributed by atoms with E-state index in [9.17, 15) is 13.2 Å². The maximum absolute atomic E-state index is 12.1. The van der Waals surface area contributed by atoms with Crippen molar-refractivity contribution >= 4 is 0 Å². The van der Waals surface area contributed by atoms with E-state index in [1.54, 1.807) is 12.1 Å². The van der Waals surface area contributed by atoms with Crippen LogP contribution in [-0.2, 0) is 6.42 Å². The van der Waals surface area contributed by atoms with Crippen molar-refractivity contribution in [2.24, 2.45) is 5.41 Å². The zero-order valence-corrected chi connectivity index (χ0v) is 12.9. The van der Waals surface area contributed by atoms with Gasteiger partial charge in [0, 0.05) is 0 Å². The molecule has 0 aromatic heterocycles. The first-order chi connectivity index (χ1) is 9.72. The molecule has 0 saturated heterocycles. The topological polar surface area (TPSA) is 21.3 Å². The first-order valence-electron chi connectivity index (χ1n) is 7.27. The van der Waals surface area contributed by atoms with E-state index in [2.05, 4.69) is 30.8 Å². The first-order valence-corrected chi connectivity index (χ1v) is 7.27. The predicted octanol–water partition coefficient (Wildman–Crippen LogP) is 4.54. The van der Waals surface area contributed by atoms with E-state index >= 15 is 0 Å². The summed E-state index contributed by atoms with van der Waals surface area (Å²) < 4.78 is 40.1. The Morgan fingerprint density at radius 3 is 2.19 bits per heavy atom. The van der Waals surface area contributed by atoms with Crippen LogP contribution in [-0.4, -0.2) is 19.5 Å². The molecule has 1 N–H and O–H groups in total. The van der Waals surface area contributed by atoms with E-state index in [4.69, 9.17) is 0 Å². The molecular formula is C16H24F3NO. The third kappa shape index (κ3) is 7.95. The second-order valence-corrected chi connectivity index (χ2v) is 6.03. The number of hydrogen-bond donors (Lipinski definition) is 1. The Kier molecular flexibility index (Phi) is 6.52. The fraction of sp³-hybridized carbons (Fsp3) is 0.625. The SMILES string of the molecule is CCCNCCC(C)(C)Cc1ccc(OC(F)(F)F)cc1. The molecule has 0 aliphatic carbocycles. The number of hydrogen-bond acceptors (Lipinski definition) is 2. The molecule has 0 aliphatic rings. The predicted molar refractivity (Wildman–Crippen MR) is 78.4 cm³/mol. The van der Waals surface area contributed by atoms with E-state index in [1.165, 1.54) is 12.1 Å². The zero-order chi connectivity index (χ0) is 15.9. The summed E-state index contributed by atoms with van der Waals surface area (Å²) in [5.41, 5.74) is 1.12. The smallest absolute Gasteiger partial charge is 0.406 e. The molecule has 0 fully saturated rings. The summed E-state index contributed by atoms with van der Waals surface area (Å²) in [5.74, 6) is -0.173. The number of alkyl halides is 3. The van der Waals surface area contributed by atoms with Gasteiger partial charge in [0.15, 0.2) is 0 Å². The van der Waals surface area contributed by atoms with E-state index in [0.29, 0.717) is 0 Å². The molecule has 1 aromatic carbocycles. The van der Waals surface area contributed by atoms with Gasteiger partial charge in [0.05, 0.1) is 0 Å². The minimum absolute atomic E-state index is 0.104. The van der Waals surface area contributed by atoms with Gasteiger partial charge in [-0.2, -0.15) is 0 Å². The monoisotopic (exact) mass is 303 g/mol. The molecule has 0 aliphatic heterocycles. The van der Waals surface area contributed by atoms with E-state index < -0.39 is 6.36 Å². The van der Waals surface area contributed by atoms with Crippen molar-refractivity contribution in [3.05, 3.63) is 29.8 Å². The summed E-state index contributed by atoms with van der Waals surface area (Å²) in [7, 11) is 0. The van der Waals surface area contributed by atoms with Gasteiger partial charge in [-0.3, -0.25) is 0 Å². The second kappa shape index (κ2) is 7.69. The Bertz CT molecular complexity index is 413. The zero-order valence-electron chi connectivity index (χ0n) is 12.9. The van der Waals surface area contributed by atoms with Crippen LogP contribution in [0.2, 0.25) is 0 Å². The third-order valence-electron chi connectivity index (χ3n) is 3.24. The quantitative estimate of drug-likeness (QED) is 0.712. The highest BCUT2D eigenvalue weighted by Gasteiger charge is 2.31. The van der Waals surface area contributed by atoms with E-state index in [-0.39, 0.29) is 11.2 Å². The molecule has 120 valence electrons. The lowest BCUT2D eigenvalue weighted by Gasteiger charge is -2.25. The van der Waals surface area contributed by atoms with Crippen molar-refractivity contribution < 1.29 is 17.9 Å². The highest BCUT2D eigenvalue weighted by Crippen LogP contribution is 2.28. The van der Waals surface area contributed by atoms with Gasteiger partial charge >= 0.3 is 6.36 Å². The van der Waals surface area contributed by atoms with E-state index in [0.717, 1.165) is 37.9 Å². The highest BCUT2D eigenvalue weighted by molar-refractivity contribution is 5.28. The van der Waals surface area contributed by atoms with Gasteiger partial charge in [-0.1, -0.05) is 32.9 Å². The fourth-order valence-corrected chi connectivity index (χ4v) is 2.18. The van der Waals surface area contributed by atoms with Crippen LogP contribution in [0.15, 0.2) is 24.3 Å². The standard InChI is InChI=1S/C16H24F3NO/c1-4-10-20-11-9-15(2,3)12-13-5-7-14(8-6-13)21-16(17,18)19/h5-8,20H,4,9-12H2,1-3H3. The number of benzene rings is 1.